The van der Waals surface area contributed by atoms with Gasteiger partial charge in [-0.25, -0.2) is 0 Å². The van der Waals surface area contributed by atoms with Crippen molar-refractivity contribution in [1.82, 2.24) is 5.32 Å². The quantitative estimate of drug-likeness (QED) is 0.265. The topological polar surface area (TPSA) is 173 Å². The fourth-order valence-corrected chi connectivity index (χ4v) is 3.37. The Morgan fingerprint density at radius 3 is 2.32 bits per heavy atom. The van der Waals surface area contributed by atoms with E-state index >= 15 is 0 Å². The van der Waals surface area contributed by atoms with Crippen molar-refractivity contribution in [2.75, 3.05) is 13.7 Å². The third-order valence-electron chi connectivity index (χ3n) is 4.77. The van der Waals surface area contributed by atoms with Crippen LogP contribution in [0.1, 0.15) is 13.8 Å². The maximum atomic E-state index is 11.5. The first-order valence-electron chi connectivity index (χ1n) is 8.75. The minimum absolute atomic E-state index is 0.0887. The molecule has 10 atom stereocenters. The van der Waals surface area contributed by atoms with Crippen molar-refractivity contribution in [2.45, 2.75) is 75.2 Å². The third kappa shape index (κ3) is 4.78. The monoisotopic (exact) mass is 409 g/mol. The minimum Gasteiger partial charge on any atom is -0.435 e. The van der Waals surface area contributed by atoms with E-state index in [0.717, 1.165) is 0 Å². The van der Waals surface area contributed by atoms with Crippen LogP contribution in [0, 0.1) is 0 Å². The molecular weight excluding hydrogens is 382 g/mol. The van der Waals surface area contributed by atoms with Gasteiger partial charge in [-0.15, -0.1) is 0 Å². The van der Waals surface area contributed by atoms with Crippen LogP contribution in [0.4, 0.5) is 0 Å². The standard InChI is InChI=1S/C16H27NO11/c1-6-9(17-7(2)20)13(10(21)8(4-18)26-6)27-15-12(23)11(22)14(24-3)16(28-15)25-5-19/h5-6,8-16,18,21-23H,4H2,1-3H3,(H,17,20). The zero-order valence-electron chi connectivity index (χ0n) is 15.7. The van der Waals surface area contributed by atoms with Gasteiger partial charge in [-0.2, -0.15) is 0 Å². The van der Waals surface area contributed by atoms with Gasteiger partial charge in [0.25, 0.3) is 6.47 Å². The SMILES string of the molecule is COC1C(OC=O)OC(OC2C(O)C(CO)OC(C)C2NC(C)=O)C(O)C1O. The number of carbonyl (C=O) groups excluding carboxylic acids is 2. The van der Waals surface area contributed by atoms with Gasteiger partial charge in [0, 0.05) is 14.0 Å². The molecule has 0 spiro atoms. The normalized spacial score (nSPS) is 44.0. The van der Waals surface area contributed by atoms with Crippen LogP contribution in [0.5, 0.6) is 0 Å². The Morgan fingerprint density at radius 1 is 1.11 bits per heavy atom. The molecule has 0 aromatic carbocycles. The van der Waals surface area contributed by atoms with Gasteiger partial charge >= 0.3 is 0 Å². The van der Waals surface area contributed by atoms with Crippen molar-refractivity contribution >= 4 is 12.4 Å². The maximum absolute atomic E-state index is 11.5. The lowest BCUT2D eigenvalue weighted by atomic mass is 9.92. The summed E-state index contributed by atoms with van der Waals surface area (Å²) >= 11 is 0. The van der Waals surface area contributed by atoms with Gasteiger partial charge in [0.1, 0.15) is 36.6 Å². The number of amides is 1. The highest BCUT2D eigenvalue weighted by Crippen LogP contribution is 2.30. The van der Waals surface area contributed by atoms with E-state index < -0.39 is 73.9 Å². The summed E-state index contributed by atoms with van der Waals surface area (Å²) in [5.41, 5.74) is 0. The van der Waals surface area contributed by atoms with E-state index in [-0.39, 0.29) is 6.47 Å². The zero-order chi connectivity index (χ0) is 21.0. The summed E-state index contributed by atoms with van der Waals surface area (Å²) in [6.45, 7) is 2.45. The Kier molecular flexibility index (Phi) is 8.09. The lowest BCUT2D eigenvalue weighted by molar-refractivity contribution is -0.362. The van der Waals surface area contributed by atoms with Crippen LogP contribution in [0.2, 0.25) is 0 Å². The molecule has 0 radical (unpaired) electrons. The summed E-state index contributed by atoms with van der Waals surface area (Å²) in [7, 11) is 1.23. The number of aliphatic hydroxyl groups excluding tert-OH is 4. The highest BCUT2D eigenvalue weighted by Gasteiger charge is 2.51. The van der Waals surface area contributed by atoms with Gasteiger partial charge in [-0.3, -0.25) is 9.59 Å². The molecule has 0 saturated carbocycles. The fourth-order valence-electron chi connectivity index (χ4n) is 3.37. The van der Waals surface area contributed by atoms with Gasteiger partial charge in [0.15, 0.2) is 6.29 Å². The van der Waals surface area contributed by atoms with Crippen LogP contribution >= 0.6 is 0 Å². The lowest BCUT2D eigenvalue weighted by Gasteiger charge is -2.47. The molecule has 5 N–H and O–H groups in total. The summed E-state index contributed by atoms with van der Waals surface area (Å²) < 4.78 is 26.3. The number of aliphatic hydroxyl groups is 4. The van der Waals surface area contributed by atoms with Crippen LogP contribution in [0.3, 0.4) is 0 Å². The molecular formula is C16H27NO11. The van der Waals surface area contributed by atoms with Gasteiger partial charge in [-0.05, 0) is 6.92 Å². The van der Waals surface area contributed by atoms with Crippen molar-refractivity contribution < 1.29 is 53.7 Å². The maximum Gasteiger partial charge on any atom is 0.295 e. The van der Waals surface area contributed by atoms with E-state index in [0.29, 0.717) is 0 Å². The van der Waals surface area contributed by atoms with Crippen LogP contribution in [-0.4, -0.2) is 108 Å². The van der Waals surface area contributed by atoms with Crippen molar-refractivity contribution in [3.05, 3.63) is 0 Å². The Morgan fingerprint density at radius 2 is 1.79 bits per heavy atom. The van der Waals surface area contributed by atoms with Crippen LogP contribution < -0.4 is 5.32 Å². The summed E-state index contributed by atoms with van der Waals surface area (Å²) in [5.74, 6) is -0.421. The number of hydrogen-bond acceptors (Lipinski definition) is 11. The van der Waals surface area contributed by atoms with Gasteiger partial charge < -0.3 is 49.4 Å². The Labute approximate surface area is 161 Å². The summed E-state index contributed by atoms with van der Waals surface area (Å²) in [5, 5.41) is 43.1. The molecule has 2 saturated heterocycles. The van der Waals surface area contributed by atoms with E-state index in [2.05, 4.69) is 5.32 Å². The summed E-state index contributed by atoms with van der Waals surface area (Å²) in [4.78, 5) is 22.2. The number of carbonyl (C=O) groups is 2. The molecule has 2 heterocycles. The third-order valence-corrected chi connectivity index (χ3v) is 4.77. The average Bonchev–Trinajstić information content (AvgIpc) is 2.64. The molecule has 0 aromatic heterocycles. The number of nitrogens with one attached hydrogen (secondary N) is 1. The molecule has 2 rings (SSSR count). The Balaban J connectivity index is 2.24. The smallest absolute Gasteiger partial charge is 0.295 e. The lowest BCUT2D eigenvalue weighted by Crippen LogP contribution is -2.67. The van der Waals surface area contributed by atoms with Crippen LogP contribution in [-0.2, 0) is 33.3 Å². The van der Waals surface area contributed by atoms with Crippen molar-refractivity contribution in [3.63, 3.8) is 0 Å². The predicted molar refractivity (Wildman–Crippen MR) is 88.5 cm³/mol. The second-order valence-electron chi connectivity index (χ2n) is 6.67. The van der Waals surface area contributed by atoms with Crippen LogP contribution in [0.15, 0.2) is 0 Å². The van der Waals surface area contributed by atoms with Crippen molar-refractivity contribution in [1.29, 1.82) is 0 Å². The van der Waals surface area contributed by atoms with Crippen molar-refractivity contribution in [3.8, 4) is 0 Å². The summed E-state index contributed by atoms with van der Waals surface area (Å²) in [6.07, 6.45) is -11.5. The van der Waals surface area contributed by atoms with E-state index in [1.807, 2.05) is 0 Å². The minimum atomic E-state index is -1.62. The number of ether oxygens (including phenoxy) is 5. The molecule has 162 valence electrons. The Bertz CT molecular complexity index is 535. The van der Waals surface area contributed by atoms with E-state index in [4.69, 9.17) is 23.7 Å². The molecule has 0 aromatic rings. The zero-order valence-corrected chi connectivity index (χ0v) is 15.7. The van der Waals surface area contributed by atoms with E-state index in [1.165, 1.54) is 14.0 Å². The fraction of sp³-hybridized carbons (Fsp3) is 0.875. The molecule has 1 amide bonds. The average molecular weight is 409 g/mol. The summed E-state index contributed by atoms with van der Waals surface area (Å²) in [6, 6.07) is -0.853. The van der Waals surface area contributed by atoms with Gasteiger partial charge in [0.2, 0.25) is 12.2 Å². The molecule has 2 fully saturated rings. The highest BCUT2D eigenvalue weighted by molar-refractivity contribution is 5.73. The highest BCUT2D eigenvalue weighted by atomic mass is 16.8. The van der Waals surface area contributed by atoms with E-state index in [1.54, 1.807) is 6.92 Å². The number of methoxy groups -OCH3 is 1. The first-order valence-corrected chi connectivity index (χ1v) is 8.75. The number of hydrogen-bond donors (Lipinski definition) is 5. The largest absolute Gasteiger partial charge is 0.435 e. The second kappa shape index (κ2) is 9.89. The van der Waals surface area contributed by atoms with Crippen molar-refractivity contribution in [2.24, 2.45) is 0 Å². The second-order valence-corrected chi connectivity index (χ2v) is 6.67. The molecule has 12 nitrogen and oxygen atoms in total. The number of rotatable bonds is 7. The first-order chi connectivity index (χ1) is 13.2. The predicted octanol–water partition coefficient (Wildman–Crippen LogP) is -3.39. The molecule has 0 aliphatic carbocycles. The van der Waals surface area contributed by atoms with Gasteiger partial charge in [0.05, 0.1) is 18.8 Å². The molecule has 0 bridgehead atoms. The molecule has 28 heavy (non-hydrogen) atoms. The van der Waals surface area contributed by atoms with Crippen LogP contribution in [0.25, 0.3) is 0 Å². The van der Waals surface area contributed by atoms with E-state index in [9.17, 15) is 30.0 Å². The molecule has 2 aliphatic rings. The molecule has 2 aliphatic heterocycles. The first kappa shape index (κ1) is 22.9. The molecule has 12 heteroatoms. The van der Waals surface area contributed by atoms with Gasteiger partial charge in [-0.1, -0.05) is 0 Å². The molecule has 10 unspecified atom stereocenters. The Hall–Kier alpha value is -1.38.